The molecule has 2 aromatic rings. The van der Waals surface area contributed by atoms with Gasteiger partial charge in [-0.3, -0.25) is 4.90 Å². The highest BCUT2D eigenvalue weighted by Crippen LogP contribution is 2.14. The molecule has 1 fully saturated rings. The predicted octanol–water partition coefficient (Wildman–Crippen LogP) is 3.59. The number of ether oxygens (including phenoxy) is 1. The van der Waals surface area contributed by atoms with Gasteiger partial charge in [-0.15, -0.1) is 35.3 Å². The molecule has 1 aliphatic heterocycles. The number of morpholine rings is 1. The molecule has 1 saturated heterocycles. The van der Waals surface area contributed by atoms with Gasteiger partial charge in [-0.05, 0) is 31.4 Å². The third-order valence-corrected chi connectivity index (χ3v) is 5.92. The lowest BCUT2D eigenvalue weighted by molar-refractivity contribution is 0.0341. The molecule has 0 bridgehead atoms. The fourth-order valence-corrected chi connectivity index (χ4v) is 4.15. The first-order valence-corrected chi connectivity index (χ1v) is 11.4. The summed E-state index contributed by atoms with van der Waals surface area (Å²) in [4.78, 5) is 11.8. The van der Waals surface area contributed by atoms with Crippen LogP contribution in [0.4, 0.5) is 0 Å². The highest BCUT2D eigenvalue weighted by Gasteiger charge is 2.12. The van der Waals surface area contributed by atoms with Gasteiger partial charge in [-0.2, -0.15) is 0 Å². The second kappa shape index (κ2) is 14.0. The standard InChI is InChI=1S/C22H33N5OS.HI/c1-3-23-22(24-10-6-9-21-26-18(2)17-29-21)25-15-19-7-4-5-8-20(19)16-27-11-13-28-14-12-27;/h4-5,7-8,17H,3,6,9-16H2,1-2H3,(H2,23,24,25);1H. The normalized spacial score (nSPS) is 14.9. The Morgan fingerprint density at radius 2 is 1.97 bits per heavy atom. The number of hydrogen-bond donors (Lipinski definition) is 2. The molecule has 6 nitrogen and oxygen atoms in total. The smallest absolute Gasteiger partial charge is 0.191 e. The van der Waals surface area contributed by atoms with Crippen molar-refractivity contribution in [2.75, 3.05) is 39.4 Å². The molecular formula is C22H34IN5OS. The van der Waals surface area contributed by atoms with Crippen molar-refractivity contribution >= 4 is 41.3 Å². The summed E-state index contributed by atoms with van der Waals surface area (Å²) >= 11 is 1.75. The van der Waals surface area contributed by atoms with Crippen LogP contribution in [0.25, 0.3) is 0 Å². The molecule has 2 N–H and O–H groups in total. The van der Waals surface area contributed by atoms with Crippen LogP contribution in [0, 0.1) is 6.92 Å². The number of nitrogens with one attached hydrogen (secondary N) is 2. The van der Waals surface area contributed by atoms with Crippen LogP contribution in [-0.4, -0.2) is 55.2 Å². The number of benzene rings is 1. The number of aliphatic imine (C=N–C) groups is 1. The lowest BCUT2D eigenvalue weighted by Gasteiger charge is -2.27. The highest BCUT2D eigenvalue weighted by atomic mass is 127. The SMILES string of the molecule is CCNC(=NCc1ccccc1CN1CCOCC1)NCCCc1nc(C)cs1.I. The van der Waals surface area contributed by atoms with Gasteiger partial charge in [0, 0.05) is 50.2 Å². The zero-order valence-corrected chi connectivity index (χ0v) is 21.2. The van der Waals surface area contributed by atoms with Crippen molar-refractivity contribution in [3.8, 4) is 0 Å². The summed E-state index contributed by atoms with van der Waals surface area (Å²) in [6.07, 6.45) is 2.05. The Morgan fingerprint density at radius 3 is 2.67 bits per heavy atom. The molecule has 3 rings (SSSR count). The molecule has 0 saturated carbocycles. The number of aromatic nitrogens is 1. The van der Waals surface area contributed by atoms with E-state index in [2.05, 4.69) is 57.1 Å². The predicted molar refractivity (Wildman–Crippen MR) is 136 cm³/mol. The number of rotatable bonds is 9. The number of guanidine groups is 1. The topological polar surface area (TPSA) is 61.8 Å². The lowest BCUT2D eigenvalue weighted by atomic mass is 10.1. The summed E-state index contributed by atoms with van der Waals surface area (Å²) in [7, 11) is 0. The fourth-order valence-electron chi connectivity index (χ4n) is 3.34. The summed E-state index contributed by atoms with van der Waals surface area (Å²) < 4.78 is 5.47. The molecule has 8 heteroatoms. The Kier molecular flexibility index (Phi) is 11.6. The van der Waals surface area contributed by atoms with Crippen LogP contribution in [0.1, 0.15) is 35.2 Å². The average Bonchev–Trinajstić information content (AvgIpc) is 3.16. The van der Waals surface area contributed by atoms with Crippen molar-refractivity contribution in [1.82, 2.24) is 20.5 Å². The van der Waals surface area contributed by atoms with Gasteiger partial charge in [0.15, 0.2) is 5.96 Å². The Hall–Kier alpha value is -1.23. The van der Waals surface area contributed by atoms with Crippen molar-refractivity contribution in [3.05, 3.63) is 51.5 Å². The Morgan fingerprint density at radius 1 is 1.20 bits per heavy atom. The molecule has 0 unspecified atom stereocenters. The van der Waals surface area contributed by atoms with Crippen LogP contribution in [0.5, 0.6) is 0 Å². The zero-order valence-electron chi connectivity index (χ0n) is 18.0. The van der Waals surface area contributed by atoms with Gasteiger partial charge in [0.1, 0.15) is 0 Å². The molecule has 0 spiro atoms. The van der Waals surface area contributed by atoms with Gasteiger partial charge in [0.2, 0.25) is 0 Å². The van der Waals surface area contributed by atoms with E-state index in [1.807, 2.05) is 6.92 Å². The molecule has 1 aromatic heterocycles. The van der Waals surface area contributed by atoms with E-state index < -0.39 is 0 Å². The molecule has 30 heavy (non-hydrogen) atoms. The lowest BCUT2D eigenvalue weighted by Crippen LogP contribution is -2.38. The molecule has 0 aliphatic carbocycles. The van der Waals surface area contributed by atoms with Crippen LogP contribution in [0.3, 0.4) is 0 Å². The van der Waals surface area contributed by atoms with Crippen LogP contribution in [-0.2, 0) is 24.2 Å². The number of thiazole rings is 1. The molecule has 0 amide bonds. The first kappa shape index (κ1) is 25.0. The minimum Gasteiger partial charge on any atom is -0.379 e. The molecule has 2 heterocycles. The first-order valence-electron chi connectivity index (χ1n) is 10.5. The Bertz CT molecular complexity index is 776. The minimum absolute atomic E-state index is 0. The molecule has 1 aromatic carbocycles. The van der Waals surface area contributed by atoms with Crippen molar-refractivity contribution in [2.24, 2.45) is 4.99 Å². The van der Waals surface area contributed by atoms with Crippen LogP contribution < -0.4 is 10.6 Å². The molecule has 0 radical (unpaired) electrons. The van der Waals surface area contributed by atoms with Gasteiger partial charge in [-0.25, -0.2) is 9.98 Å². The van der Waals surface area contributed by atoms with Gasteiger partial charge in [0.25, 0.3) is 0 Å². The monoisotopic (exact) mass is 543 g/mol. The van der Waals surface area contributed by atoms with E-state index in [-0.39, 0.29) is 24.0 Å². The van der Waals surface area contributed by atoms with Crippen molar-refractivity contribution < 1.29 is 4.74 Å². The van der Waals surface area contributed by atoms with Gasteiger partial charge in [-0.1, -0.05) is 24.3 Å². The maximum Gasteiger partial charge on any atom is 0.191 e. The summed E-state index contributed by atoms with van der Waals surface area (Å²) in [6.45, 7) is 11.2. The molecule has 1 aliphatic rings. The average molecular weight is 544 g/mol. The maximum absolute atomic E-state index is 5.47. The van der Waals surface area contributed by atoms with Crippen molar-refractivity contribution in [2.45, 2.75) is 39.8 Å². The van der Waals surface area contributed by atoms with Crippen LogP contribution in [0.15, 0.2) is 34.6 Å². The second-order valence-corrected chi connectivity index (χ2v) is 8.21. The van der Waals surface area contributed by atoms with Crippen molar-refractivity contribution in [1.29, 1.82) is 0 Å². The summed E-state index contributed by atoms with van der Waals surface area (Å²) in [5, 5.41) is 10.1. The second-order valence-electron chi connectivity index (χ2n) is 7.27. The summed E-state index contributed by atoms with van der Waals surface area (Å²) in [5.41, 5.74) is 3.76. The van der Waals surface area contributed by atoms with E-state index >= 15 is 0 Å². The zero-order chi connectivity index (χ0) is 20.3. The van der Waals surface area contributed by atoms with Gasteiger partial charge in [0.05, 0.1) is 24.8 Å². The van der Waals surface area contributed by atoms with Gasteiger partial charge < -0.3 is 15.4 Å². The minimum atomic E-state index is 0. The van der Waals surface area contributed by atoms with E-state index in [0.717, 1.165) is 70.4 Å². The highest BCUT2D eigenvalue weighted by molar-refractivity contribution is 14.0. The van der Waals surface area contributed by atoms with E-state index in [4.69, 9.17) is 9.73 Å². The fraction of sp³-hybridized carbons (Fsp3) is 0.545. The first-order chi connectivity index (χ1) is 14.2. The molecular weight excluding hydrogens is 509 g/mol. The van der Waals surface area contributed by atoms with E-state index in [1.54, 1.807) is 11.3 Å². The summed E-state index contributed by atoms with van der Waals surface area (Å²) in [5.74, 6) is 0.879. The van der Waals surface area contributed by atoms with Gasteiger partial charge >= 0.3 is 0 Å². The Labute approximate surface area is 201 Å². The van der Waals surface area contributed by atoms with Crippen molar-refractivity contribution in [3.63, 3.8) is 0 Å². The number of nitrogens with zero attached hydrogens (tertiary/aromatic N) is 3. The number of aryl methyl sites for hydroxylation is 2. The largest absolute Gasteiger partial charge is 0.379 e. The number of hydrogen-bond acceptors (Lipinski definition) is 5. The van der Waals surface area contributed by atoms with E-state index in [9.17, 15) is 0 Å². The quantitative estimate of drug-likeness (QED) is 0.219. The van der Waals surface area contributed by atoms with Crippen LogP contribution >= 0.6 is 35.3 Å². The molecule has 166 valence electrons. The van der Waals surface area contributed by atoms with E-state index in [0.29, 0.717) is 6.54 Å². The third-order valence-electron chi connectivity index (χ3n) is 4.89. The van der Waals surface area contributed by atoms with Crippen LogP contribution in [0.2, 0.25) is 0 Å². The van der Waals surface area contributed by atoms with E-state index in [1.165, 1.54) is 16.1 Å². The number of halogens is 1. The summed E-state index contributed by atoms with van der Waals surface area (Å²) in [6, 6.07) is 8.63. The molecule has 0 atom stereocenters. The maximum atomic E-state index is 5.47. The third kappa shape index (κ3) is 8.49. The Balaban J connectivity index is 0.00000320.